The zero-order valence-corrected chi connectivity index (χ0v) is 18.6. The van der Waals surface area contributed by atoms with Gasteiger partial charge >= 0.3 is 0 Å². The summed E-state index contributed by atoms with van der Waals surface area (Å²) >= 11 is 0. The molecule has 0 aromatic heterocycles. The number of fused-ring (bicyclic) bond motifs is 1. The molecule has 5 nitrogen and oxygen atoms in total. The van der Waals surface area contributed by atoms with Crippen LogP contribution in [0.1, 0.15) is 55.5 Å². The number of benzene rings is 3. The third-order valence-corrected chi connectivity index (χ3v) is 5.74. The molecular formula is C27H27N3O2. The maximum Gasteiger partial charge on any atom is 0.271 e. The molecule has 2 amide bonds. The van der Waals surface area contributed by atoms with Crippen molar-refractivity contribution >= 4 is 17.5 Å². The molecule has 1 atom stereocenters. The van der Waals surface area contributed by atoms with Crippen molar-refractivity contribution in [3.05, 3.63) is 106 Å². The number of carbonyl (C=O) groups excluding carboxylic acids is 2. The average Bonchev–Trinajstić information content (AvgIpc) is 3.13. The summed E-state index contributed by atoms with van der Waals surface area (Å²) in [6.07, 6.45) is 1.55. The first kappa shape index (κ1) is 21.5. The van der Waals surface area contributed by atoms with Crippen LogP contribution in [0.5, 0.6) is 0 Å². The van der Waals surface area contributed by atoms with E-state index < -0.39 is 0 Å². The van der Waals surface area contributed by atoms with Gasteiger partial charge in [-0.05, 0) is 62.1 Å². The maximum absolute atomic E-state index is 13.0. The molecule has 1 aliphatic carbocycles. The van der Waals surface area contributed by atoms with Gasteiger partial charge in [0.1, 0.15) is 0 Å². The molecule has 0 aliphatic heterocycles. The van der Waals surface area contributed by atoms with Gasteiger partial charge in [0, 0.05) is 16.7 Å². The van der Waals surface area contributed by atoms with Crippen molar-refractivity contribution < 1.29 is 9.59 Å². The van der Waals surface area contributed by atoms with Gasteiger partial charge in [-0.15, -0.1) is 0 Å². The van der Waals surface area contributed by atoms with Gasteiger partial charge < -0.3 is 5.32 Å². The zero-order valence-electron chi connectivity index (χ0n) is 18.6. The van der Waals surface area contributed by atoms with E-state index in [9.17, 15) is 9.59 Å². The minimum absolute atomic E-state index is 0.149. The van der Waals surface area contributed by atoms with E-state index in [1.165, 1.54) is 5.56 Å². The largest absolute Gasteiger partial charge is 0.343 e. The van der Waals surface area contributed by atoms with E-state index >= 15 is 0 Å². The Balaban J connectivity index is 1.56. The number of hydrogen-bond donors (Lipinski definition) is 2. The van der Waals surface area contributed by atoms with Crippen LogP contribution in [0.15, 0.2) is 71.8 Å². The van der Waals surface area contributed by atoms with Crippen molar-refractivity contribution in [2.75, 3.05) is 0 Å². The Labute approximate surface area is 188 Å². The molecule has 3 aromatic carbocycles. The Morgan fingerprint density at radius 1 is 0.906 bits per heavy atom. The Bertz CT molecular complexity index is 1180. The van der Waals surface area contributed by atoms with Gasteiger partial charge in [0.15, 0.2) is 0 Å². The molecular weight excluding hydrogens is 398 g/mol. The van der Waals surface area contributed by atoms with Crippen molar-refractivity contribution in [2.24, 2.45) is 5.10 Å². The van der Waals surface area contributed by atoms with E-state index in [-0.39, 0.29) is 17.9 Å². The molecule has 1 unspecified atom stereocenters. The molecule has 0 saturated carbocycles. The highest BCUT2D eigenvalue weighted by atomic mass is 16.2. The van der Waals surface area contributed by atoms with Crippen molar-refractivity contribution in [2.45, 2.75) is 39.7 Å². The molecule has 5 heteroatoms. The predicted octanol–water partition coefficient (Wildman–Crippen LogP) is 4.35. The topological polar surface area (TPSA) is 70.6 Å². The summed E-state index contributed by atoms with van der Waals surface area (Å²) < 4.78 is 0. The third kappa shape index (κ3) is 4.62. The number of hydrazone groups is 1. The lowest BCUT2D eigenvalue weighted by Crippen LogP contribution is -2.40. The molecule has 0 heterocycles. The number of nitrogens with zero attached hydrogens (tertiary/aromatic N) is 1. The van der Waals surface area contributed by atoms with Crippen LogP contribution >= 0.6 is 0 Å². The fourth-order valence-corrected chi connectivity index (χ4v) is 4.12. The van der Waals surface area contributed by atoms with Crippen LogP contribution < -0.4 is 10.7 Å². The molecule has 4 rings (SSSR count). The molecule has 0 radical (unpaired) electrons. The fraction of sp³-hybridized carbons (Fsp3) is 0.222. The number of rotatable bonds is 5. The minimum Gasteiger partial charge on any atom is -0.343 e. The highest BCUT2D eigenvalue weighted by Gasteiger charge is 2.30. The van der Waals surface area contributed by atoms with Gasteiger partial charge in [-0.1, -0.05) is 60.5 Å². The van der Waals surface area contributed by atoms with Gasteiger partial charge in [0.05, 0.1) is 11.8 Å². The van der Waals surface area contributed by atoms with E-state index in [4.69, 9.17) is 0 Å². The SMILES string of the molecule is CCc1ccc(C(=O)N/N=C2\c3ccccc3CC2NC(=O)c2cc(C)cc(C)c2)cc1. The molecule has 0 fully saturated rings. The lowest BCUT2D eigenvalue weighted by molar-refractivity contribution is 0.0945. The van der Waals surface area contributed by atoms with E-state index in [2.05, 4.69) is 22.8 Å². The summed E-state index contributed by atoms with van der Waals surface area (Å²) in [6.45, 7) is 6.03. The first-order valence-corrected chi connectivity index (χ1v) is 10.9. The summed E-state index contributed by atoms with van der Waals surface area (Å²) in [5.41, 5.74) is 9.81. The standard InChI is InChI=1S/C27H27N3O2/c1-4-19-9-11-20(12-10-19)27(32)30-29-25-23-8-6-5-7-21(23)16-24(25)28-26(31)22-14-17(2)13-18(3)15-22/h5-15,24H,4,16H2,1-3H3,(H,28,31)(H,30,32)/b29-25+. The summed E-state index contributed by atoms with van der Waals surface area (Å²) in [4.78, 5) is 25.6. The van der Waals surface area contributed by atoms with Gasteiger partial charge in [-0.2, -0.15) is 5.10 Å². The second-order valence-corrected chi connectivity index (χ2v) is 8.25. The minimum atomic E-state index is -0.316. The smallest absolute Gasteiger partial charge is 0.271 e. The maximum atomic E-state index is 13.0. The molecule has 162 valence electrons. The molecule has 32 heavy (non-hydrogen) atoms. The van der Waals surface area contributed by atoms with Gasteiger partial charge in [-0.25, -0.2) is 5.43 Å². The Hall–Kier alpha value is -3.73. The summed E-state index contributed by atoms with van der Waals surface area (Å²) in [6, 6.07) is 20.9. The Morgan fingerprint density at radius 3 is 2.28 bits per heavy atom. The summed E-state index contributed by atoms with van der Waals surface area (Å²) in [7, 11) is 0. The van der Waals surface area contributed by atoms with Crippen molar-refractivity contribution in [3.8, 4) is 0 Å². The number of amides is 2. The third-order valence-electron chi connectivity index (χ3n) is 5.74. The second-order valence-electron chi connectivity index (χ2n) is 8.25. The molecule has 3 aromatic rings. The second kappa shape index (κ2) is 9.18. The van der Waals surface area contributed by atoms with Crippen LogP contribution in [0.4, 0.5) is 0 Å². The van der Waals surface area contributed by atoms with Gasteiger partial charge in [0.2, 0.25) is 0 Å². The van der Waals surface area contributed by atoms with Crippen LogP contribution in [-0.2, 0) is 12.8 Å². The number of nitrogens with one attached hydrogen (secondary N) is 2. The highest BCUT2D eigenvalue weighted by molar-refractivity contribution is 6.11. The van der Waals surface area contributed by atoms with Gasteiger partial charge in [-0.3, -0.25) is 9.59 Å². The quantitative estimate of drug-likeness (QED) is 0.597. The van der Waals surface area contributed by atoms with Crippen LogP contribution in [-0.4, -0.2) is 23.6 Å². The first-order chi connectivity index (χ1) is 15.4. The lowest BCUT2D eigenvalue weighted by atomic mass is 10.1. The highest BCUT2D eigenvalue weighted by Crippen LogP contribution is 2.23. The lowest BCUT2D eigenvalue weighted by Gasteiger charge is -2.15. The molecule has 1 aliphatic rings. The van der Waals surface area contributed by atoms with E-state index in [1.807, 2.05) is 68.4 Å². The Morgan fingerprint density at radius 2 is 1.59 bits per heavy atom. The van der Waals surface area contributed by atoms with E-state index in [0.29, 0.717) is 23.3 Å². The molecule has 0 bridgehead atoms. The van der Waals surface area contributed by atoms with Gasteiger partial charge in [0.25, 0.3) is 11.8 Å². The number of carbonyl (C=O) groups is 2. The molecule has 0 saturated heterocycles. The van der Waals surface area contributed by atoms with Crippen LogP contribution in [0, 0.1) is 13.8 Å². The molecule has 0 spiro atoms. The average molecular weight is 426 g/mol. The summed E-state index contributed by atoms with van der Waals surface area (Å²) in [5, 5.41) is 7.55. The zero-order chi connectivity index (χ0) is 22.7. The van der Waals surface area contributed by atoms with E-state index in [1.54, 1.807) is 12.1 Å². The molecule has 2 N–H and O–H groups in total. The first-order valence-electron chi connectivity index (χ1n) is 10.9. The normalized spacial score (nSPS) is 16.0. The monoisotopic (exact) mass is 425 g/mol. The van der Waals surface area contributed by atoms with Crippen molar-refractivity contribution in [1.29, 1.82) is 0 Å². The Kier molecular flexibility index (Phi) is 6.17. The van der Waals surface area contributed by atoms with Crippen LogP contribution in [0.25, 0.3) is 0 Å². The van der Waals surface area contributed by atoms with Crippen LogP contribution in [0.2, 0.25) is 0 Å². The van der Waals surface area contributed by atoms with Crippen LogP contribution in [0.3, 0.4) is 0 Å². The number of aryl methyl sites for hydroxylation is 3. The van der Waals surface area contributed by atoms with E-state index in [0.717, 1.165) is 28.7 Å². The van der Waals surface area contributed by atoms with Crippen molar-refractivity contribution in [1.82, 2.24) is 10.7 Å². The summed E-state index contributed by atoms with van der Waals surface area (Å²) in [5.74, 6) is -0.423. The predicted molar refractivity (Wildman–Crippen MR) is 127 cm³/mol. The van der Waals surface area contributed by atoms with Crippen molar-refractivity contribution in [3.63, 3.8) is 0 Å². The fourth-order valence-electron chi connectivity index (χ4n) is 4.12. The number of hydrogen-bond acceptors (Lipinski definition) is 3.